The number of nitrogens with zero attached hydrogens (tertiary/aromatic N) is 1. The van der Waals surface area contributed by atoms with Crippen LogP contribution in [0.4, 0.5) is 17.1 Å². The first-order chi connectivity index (χ1) is 11.8. The molecule has 1 aromatic carbocycles. The van der Waals surface area contributed by atoms with Crippen molar-refractivity contribution in [3.63, 3.8) is 0 Å². The van der Waals surface area contributed by atoms with E-state index in [2.05, 4.69) is 27.9 Å². The minimum Gasteiger partial charge on any atom is -0.383 e. The Kier molecular flexibility index (Phi) is 6.52. The van der Waals surface area contributed by atoms with Gasteiger partial charge < -0.3 is 21.4 Å². The van der Waals surface area contributed by atoms with E-state index in [-0.39, 0.29) is 0 Å². The van der Waals surface area contributed by atoms with E-state index in [0.717, 1.165) is 29.9 Å². The summed E-state index contributed by atoms with van der Waals surface area (Å²) in [5.74, 6) is 0. The van der Waals surface area contributed by atoms with Crippen LogP contribution >= 0.6 is 0 Å². The summed E-state index contributed by atoms with van der Waals surface area (Å²) in [4.78, 5) is 14.9. The van der Waals surface area contributed by atoms with Crippen LogP contribution in [0.2, 0.25) is 0 Å². The number of allylic oxidation sites excluding steroid dienone is 1. The van der Waals surface area contributed by atoms with Gasteiger partial charge in [0, 0.05) is 36.3 Å². The first-order valence-corrected chi connectivity index (χ1v) is 7.74. The molecule has 0 saturated heterocycles. The van der Waals surface area contributed by atoms with E-state index in [9.17, 15) is 4.79 Å². The van der Waals surface area contributed by atoms with Crippen LogP contribution in [0.1, 0.15) is 18.9 Å². The average molecular weight is 323 g/mol. The molecule has 2 aromatic rings. The molecular weight excluding hydrogens is 302 g/mol. The molecule has 1 amide bonds. The quantitative estimate of drug-likeness (QED) is 0.419. The van der Waals surface area contributed by atoms with Crippen LogP contribution in [0.25, 0.3) is 5.57 Å². The summed E-state index contributed by atoms with van der Waals surface area (Å²) in [6.45, 7) is 2.84. The number of para-hydroxylation sites is 1. The normalized spacial score (nSPS) is 10.8. The van der Waals surface area contributed by atoms with Crippen molar-refractivity contribution in [2.24, 2.45) is 0 Å². The van der Waals surface area contributed by atoms with Crippen molar-refractivity contribution in [1.29, 1.82) is 5.41 Å². The van der Waals surface area contributed by atoms with Gasteiger partial charge in [-0.3, -0.25) is 9.78 Å². The van der Waals surface area contributed by atoms with Crippen molar-refractivity contribution < 1.29 is 4.79 Å². The predicted octanol–water partition coefficient (Wildman–Crippen LogP) is 3.57. The summed E-state index contributed by atoms with van der Waals surface area (Å²) in [7, 11) is 0. The number of hydrogen-bond acceptors (Lipinski definition) is 5. The monoisotopic (exact) mass is 323 g/mol. The van der Waals surface area contributed by atoms with Gasteiger partial charge >= 0.3 is 0 Å². The van der Waals surface area contributed by atoms with E-state index < -0.39 is 0 Å². The fraction of sp³-hybridized carbons (Fsp3) is 0.167. The highest BCUT2D eigenvalue weighted by atomic mass is 16.1. The number of aromatic nitrogens is 1. The lowest BCUT2D eigenvalue weighted by Gasteiger charge is -2.16. The number of nitrogens with one attached hydrogen (secondary N) is 4. The van der Waals surface area contributed by atoms with Crippen LogP contribution < -0.4 is 16.0 Å². The molecule has 0 atom stereocenters. The first-order valence-electron chi connectivity index (χ1n) is 7.74. The molecule has 124 valence electrons. The van der Waals surface area contributed by atoms with E-state index >= 15 is 0 Å². The Hall–Kier alpha value is -3.15. The van der Waals surface area contributed by atoms with Gasteiger partial charge in [0.25, 0.3) is 0 Å². The zero-order valence-corrected chi connectivity index (χ0v) is 13.5. The van der Waals surface area contributed by atoms with Crippen LogP contribution in [0, 0.1) is 5.41 Å². The van der Waals surface area contributed by atoms with Crippen LogP contribution in [0.15, 0.2) is 48.9 Å². The Bertz CT molecular complexity index is 713. The highest BCUT2D eigenvalue weighted by molar-refractivity contribution is 6.12. The van der Waals surface area contributed by atoms with Gasteiger partial charge in [-0.15, -0.1) is 0 Å². The SMILES string of the molecule is CCCNc1c(NC=O)cccc1/C(C=N)=C/Nc1cccnc1. The molecule has 6 nitrogen and oxygen atoms in total. The third kappa shape index (κ3) is 4.42. The summed E-state index contributed by atoms with van der Waals surface area (Å²) in [5.41, 5.74) is 3.84. The van der Waals surface area contributed by atoms with Gasteiger partial charge in [0.05, 0.1) is 23.3 Å². The molecule has 0 aliphatic carbocycles. The molecule has 0 spiro atoms. The molecule has 24 heavy (non-hydrogen) atoms. The Labute approximate surface area is 141 Å². The molecule has 0 unspecified atom stereocenters. The second-order valence-electron chi connectivity index (χ2n) is 5.05. The third-order valence-electron chi connectivity index (χ3n) is 3.35. The van der Waals surface area contributed by atoms with Crippen molar-refractivity contribution in [2.45, 2.75) is 13.3 Å². The lowest BCUT2D eigenvalue weighted by atomic mass is 10.0. The average Bonchev–Trinajstić information content (AvgIpc) is 2.62. The molecule has 0 bridgehead atoms. The molecular formula is C18H21N5O. The van der Waals surface area contributed by atoms with Crippen LogP contribution in [-0.4, -0.2) is 24.2 Å². The van der Waals surface area contributed by atoms with E-state index in [4.69, 9.17) is 5.41 Å². The zero-order chi connectivity index (χ0) is 17.2. The van der Waals surface area contributed by atoms with Crippen molar-refractivity contribution in [2.75, 3.05) is 22.5 Å². The number of carbonyl (C=O) groups excluding carboxylic acids is 1. The fourth-order valence-electron chi connectivity index (χ4n) is 2.22. The number of hydrogen-bond donors (Lipinski definition) is 4. The van der Waals surface area contributed by atoms with Crippen LogP contribution in [0.5, 0.6) is 0 Å². The lowest BCUT2D eigenvalue weighted by molar-refractivity contribution is -0.105. The van der Waals surface area contributed by atoms with Gasteiger partial charge in [-0.05, 0) is 24.6 Å². The van der Waals surface area contributed by atoms with Crippen molar-refractivity contribution in [1.82, 2.24) is 4.98 Å². The second-order valence-corrected chi connectivity index (χ2v) is 5.05. The zero-order valence-electron chi connectivity index (χ0n) is 13.5. The Morgan fingerprint density at radius 2 is 2.12 bits per heavy atom. The molecule has 0 saturated carbocycles. The number of pyridine rings is 1. The standard InChI is InChI=1S/C18H21N5O/c1-2-8-21-18-16(6-3-7-17(18)23-13-24)14(10-19)11-22-15-5-4-9-20-12-15/h3-7,9-13,19,21-22H,2,8H2,1H3,(H,23,24)/b14-11+,19-10?. The fourth-order valence-corrected chi connectivity index (χ4v) is 2.22. The third-order valence-corrected chi connectivity index (χ3v) is 3.35. The lowest BCUT2D eigenvalue weighted by Crippen LogP contribution is -2.08. The van der Waals surface area contributed by atoms with Gasteiger partial charge in [-0.1, -0.05) is 19.1 Å². The summed E-state index contributed by atoms with van der Waals surface area (Å²) < 4.78 is 0. The van der Waals surface area contributed by atoms with Crippen molar-refractivity contribution in [3.05, 3.63) is 54.5 Å². The predicted molar refractivity (Wildman–Crippen MR) is 99.5 cm³/mol. The summed E-state index contributed by atoms with van der Waals surface area (Å²) >= 11 is 0. The van der Waals surface area contributed by atoms with Gasteiger partial charge in [-0.25, -0.2) is 0 Å². The molecule has 0 aliphatic heterocycles. The van der Waals surface area contributed by atoms with E-state index in [0.29, 0.717) is 17.7 Å². The topological polar surface area (TPSA) is 89.9 Å². The van der Waals surface area contributed by atoms with Crippen molar-refractivity contribution in [3.8, 4) is 0 Å². The number of carbonyl (C=O) groups is 1. The van der Waals surface area contributed by atoms with E-state index in [1.807, 2.05) is 30.3 Å². The Morgan fingerprint density at radius 1 is 1.25 bits per heavy atom. The number of anilines is 3. The van der Waals surface area contributed by atoms with Crippen LogP contribution in [0.3, 0.4) is 0 Å². The van der Waals surface area contributed by atoms with E-state index in [1.54, 1.807) is 18.6 Å². The molecule has 0 fully saturated rings. The molecule has 6 heteroatoms. The van der Waals surface area contributed by atoms with Gasteiger partial charge in [0.1, 0.15) is 0 Å². The number of benzene rings is 1. The Balaban J connectivity index is 2.37. The molecule has 4 N–H and O–H groups in total. The summed E-state index contributed by atoms with van der Waals surface area (Å²) in [6.07, 6.45) is 8.04. The van der Waals surface area contributed by atoms with Crippen LogP contribution in [-0.2, 0) is 4.79 Å². The molecule has 1 aromatic heterocycles. The van der Waals surface area contributed by atoms with Gasteiger partial charge in [-0.2, -0.15) is 0 Å². The maximum atomic E-state index is 10.8. The summed E-state index contributed by atoms with van der Waals surface area (Å²) in [6, 6.07) is 9.32. The minimum absolute atomic E-state index is 0.651. The summed E-state index contributed by atoms with van der Waals surface area (Å²) in [5, 5.41) is 16.9. The molecule has 0 aliphatic rings. The van der Waals surface area contributed by atoms with Gasteiger partial charge in [0.2, 0.25) is 6.41 Å². The Morgan fingerprint density at radius 3 is 2.79 bits per heavy atom. The number of amides is 1. The van der Waals surface area contributed by atoms with Gasteiger partial charge in [0.15, 0.2) is 0 Å². The molecule has 1 heterocycles. The molecule has 2 rings (SSSR count). The minimum atomic E-state index is 0.651. The highest BCUT2D eigenvalue weighted by Gasteiger charge is 2.10. The van der Waals surface area contributed by atoms with E-state index in [1.165, 1.54) is 6.21 Å². The maximum Gasteiger partial charge on any atom is 0.211 e. The number of rotatable bonds is 9. The highest BCUT2D eigenvalue weighted by Crippen LogP contribution is 2.30. The second kappa shape index (κ2) is 9.09. The largest absolute Gasteiger partial charge is 0.383 e. The first kappa shape index (κ1) is 17.2. The molecule has 0 radical (unpaired) electrons. The van der Waals surface area contributed by atoms with Crippen molar-refractivity contribution >= 4 is 35.3 Å². The maximum absolute atomic E-state index is 10.8. The smallest absolute Gasteiger partial charge is 0.211 e.